The Morgan fingerprint density at radius 1 is 1.63 bits per heavy atom. The molecule has 0 radical (unpaired) electrons. The van der Waals surface area contributed by atoms with Crippen LogP contribution in [0.25, 0.3) is 0 Å². The maximum Gasteiger partial charge on any atom is 0.274 e. The highest BCUT2D eigenvalue weighted by atomic mass is 19.1. The Morgan fingerprint density at radius 3 is 2.79 bits per heavy atom. The number of rotatable bonds is 6. The number of hydrogen-bond donors (Lipinski definition) is 2. The van der Waals surface area contributed by atoms with Crippen LogP contribution in [0.4, 0.5) is 10.1 Å². The van der Waals surface area contributed by atoms with Crippen molar-refractivity contribution >= 4 is 11.6 Å². The van der Waals surface area contributed by atoms with Gasteiger partial charge in [-0.1, -0.05) is 13.3 Å². The number of hydrazine groups is 1. The Balaban J connectivity index is 2.90. The molecule has 0 aromatic heterocycles. The number of non-ortho nitro benzene ring substituents is 1. The molecule has 7 nitrogen and oxygen atoms in total. The van der Waals surface area contributed by atoms with Crippen LogP contribution in [0.5, 0.6) is 5.75 Å². The van der Waals surface area contributed by atoms with Gasteiger partial charge >= 0.3 is 0 Å². The van der Waals surface area contributed by atoms with E-state index in [1.54, 1.807) is 0 Å². The molecule has 0 heterocycles. The molecule has 1 unspecified atom stereocenters. The van der Waals surface area contributed by atoms with Crippen LogP contribution in [0.15, 0.2) is 18.2 Å². The molecule has 0 spiro atoms. The summed E-state index contributed by atoms with van der Waals surface area (Å²) < 4.78 is 18.8. The highest BCUT2D eigenvalue weighted by Gasteiger charge is 2.21. The van der Waals surface area contributed by atoms with Crippen molar-refractivity contribution in [1.82, 2.24) is 5.43 Å². The standard InChI is InChI=1S/C11H14FN3O4/c1-2-3-10(11(16)14-13)19-9-5-4-7(15(17)18)6-8(9)12/h4-6,10H,2-3,13H2,1H3,(H,14,16). The summed E-state index contributed by atoms with van der Waals surface area (Å²) in [5, 5.41) is 10.5. The Hall–Kier alpha value is -2.22. The number of hydrogen-bond acceptors (Lipinski definition) is 5. The third kappa shape index (κ3) is 3.88. The maximum absolute atomic E-state index is 13.6. The summed E-state index contributed by atoms with van der Waals surface area (Å²) in [7, 11) is 0. The SMILES string of the molecule is CCCC(Oc1ccc([N+](=O)[O-])cc1F)C(=O)NN. The number of nitro benzene ring substituents is 1. The summed E-state index contributed by atoms with van der Waals surface area (Å²) in [6.45, 7) is 1.83. The second-order valence-corrected chi connectivity index (χ2v) is 3.78. The molecule has 0 saturated carbocycles. The molecule has 19 heavy (non-hydrogen) atoms. The third-order valence-electron chi connectivity index (χ3n) is 2.38. The Labute approximate surface area is 108 Å². The summed E-state index contributed by atoms with van der Waals surface area (Å²) in [6.07, 6.45) is 0.0394. The minimum atomic E-state index is -0.939. The van der Waals surface area contributed by atoms with Crippen molar-refractivity contribution < 1.29 is 18.8 Å². The van der Waals surface area contributed by atoms with Crippen LogP contribution in [-0.4, -0.2) is 16.9 Å². The van der Waals surface area contributed by atoms with Crippen molar-refractivity contribution in [2.45, 2.75) is 25.9 Å². The Bertz CT molecular complexity index is 481. The van der Waals surface area contributed by atoms with Gasteiger partial charge in [-0.05, 0) is 12.5 Å². The zero-order chi connectivity index (χ0) is 14.4. The monoisotopic (exact) mass is 271 g/mol. The summed E-state index contributed by atoms with van der Waals surface area (Å²) in [5.74, 6) is 3.28. The molecule has 1 aromatic carbocycles. The van der Waals surface area contributed by atoms with Crippen LogP contribution in [0, 0.1) is 15.9 Å². The van der Waals surface area contributed by atoms with Crippen molar-refractivity contribution in [3.8, 4) is 5.75 Å². The van der Waals surface area contributed by atoms with Crippen molar-refractivity contribution in [3.63, 3.8) is 0 Å². The molecule has 3 N–H and O–H groups in total. The van der Waals surface area contributed by atoms with E-state index < -0.39 is 22.8 Å². The van der Waals surface area contributed by atoms with Gasteiger partial charge < -0.3 is 4.74 Å². The van der Waals surface area contributed by atoms with Gasteiger partial charge in [0.2, 0.25) is 0 Å². The molecule has 0 fully saturated rings. The minimum absolute atomic E-state index is 0.229. The average molecular weight is 271 g/mol. The molecule has 1 rings (SSSR count). The van der Waals surface area contributed by atoms with Crippen molar-refractivity contribution in [2.75, 3.05) is 0 Å². The topological polar surface area (TPSA) is 107 Å². The number of carbonyl (C=O) groups excluding carboxylic acids is 1. The van der Waals surface area contributed by atoms with E-state index in [0.717, 1.165) is 18.2 Å². The normalized spacial score (nSPS) is 11.7. The summed E-state index contributed by atoms with van der Waals surface area (Å²) in [5.41, 5.74) is 1.54. The van der Waals surface area contributed by atoms with Gasteiger partial charge in [-0.3, -0.25) is 20.3 Å². The molecule has 0 aliphatic rings. The molecule has 1 amide bonds. The molecular formula is C11H14FN3O4. The zero-order valence-corrected chi connectivity index (χ0v) is 10.3. The van der Waals surface area contributed by atoms with Crippen molar-refractivity contribution in [1.29, 1.82) is 0 Å². The van der Waals surface area contributed by atoms with E-state index in [4.69, 9.17) is 10.6 Å². The molecular weight excluding hydrogens is 257 g/mol. The number of ether oxygens (including phenoxy) is 1. The molecule has 0 saturated heterocycles. The van der Waals surface area contributed by atoms with Gasteiger partial charge in [0.1, 0.15) is 0 Å². The number of benzene rings is 1. The summed E-state index contributed by atoms with van der Waals surface area (Å²) in [4.78, 5) is 21.1. The first kappa shape index (κ1) is 14.8. The second kappa shape index (κ2) is 6.64. The molecule has 0 bridgehead atoms. The van der Waals surface area contributed by atoms with Crippen LogP contribution in [-0.2, 0) is 4.79 Å². The highest BCUT2D eigenvalue weighted by molar-refractivity contribution is 5.80. The van der Waals surface area contributed by atoms with E-state index in [2.05, 4.69) is 0 Å². The minimum Gasteiger partial charge on any atom is -0.477 e. The van der Waals surface area contributed by atoms with Gasteiger partial charge in [0, 0.05) is 6.07 Å². The van der Waals surface area contributed by atoms with Gasteiger partial charge in [0.05, 0.1) is 11.0 Å². The number of nitrogens with one attached hydrogen (secondary N) is 1. The molecule has 8 heteroatoms. The molecule has 1 atom stereocenters. The summed E-state index contributed by atoms with van der Waals surface area (Å²) >= 11 is 0. The fourth-order valence-electron chi connectivity index (χ4n) is 1.45. The van der Waals surface area contributed by atoms with Crippen LogP contribution < -0.4 is 16.0 Å². The second-order valence-electron chi connectivity index (χ2n) is 3.78. The quantitative estimate of drug-likeness (QED) is 0.350. The molecule has 0 aliphatic carbocycles. The molecule has 104 valence electrons. The van der Waals surface area contributed by atoms with E-state index in [-0.39, 0.29) is 11.4 Å². The predicted molar refractivity (Wildman–Crippen MR) is 64.7 cm³/mol. The van der Waals surface area contributed by atoms with Crippen molar-refractivity contribution in [3.05, 3.63) is 34.1 Å². The third-order valence-corrected chi connectivity index (χ3v) is 2.38. The lowest BCUT2D eigenvalue weighted by Crippen LogP contribution is -2.42. The first-order valence-electron chi connectivity index (χ1n) is 5.60. The van der Waals surface area contributed by atoms with E-state index in [1.165, 1.54) is 0 Å². The van der Waals surface area contributed by atoms with E-state index >= 15 is 0 Å². The van der Waals surface area contributed by atoms with E-state index in [0.29, 0.717) is 12.8 Å². The lowest BCUT2D eigenvalue weighted by atomic mass is 10.2. The highest BCUT2D eigenvalue weighted by Crippen LogP contribution is 2.24. The van der Waals surface area contributed by atoms with Crippen molar-refractivity contribution in [2.24, 2.45) is 5.84 Å². The van der Waals surface area contributed by atoms with E-state index in [9.17, 15) is 19.3 Å². The number of amides is 1. The first-order chi connectivity index (χ1) is 8.99. The number of nitrogens with two attached hydrogens (primary N) is 1. The lowest BCUT2D eigenvalue weighted by Gasteiger charge is -2.17. The zero-order valence-electron chi connectivity index (χ0n) is 10.3. The van der Waals surface area contributed by atoms with Crippen LogP contribution in [0.2, 0.25) is 0 Å². The number of carbonyl (C=O) groups is 1. The number of nitro groups is 1. The molecule has 1 aromatic rings. The fourth-order valence-corrected chi connectivity index (χ4v) is 1.45. The molecule has 0 aliphatic heterocycles. The smallest absolute Gasteiger partial charge is 0.274 e. The van der Waals surface area contributed by atoms with Gasteiger partial charge in [-0.15, -0.1) is 0 Å². The lowest BCUT2D eigenvalue weighted by molar-refractivity contribution is -0.385. The Morgan fingerprint density at radius 2 is 2.32 bits per heavy atom. The first-order valence-corrected chi connectivity index (χ1v) is 5.60. The predicted octanol–water partition coefficient (Wildman–Crippen LogP) is 1.27. The van der Waals surface area contributed by atoms with Crippen LogP contribution in [0.1, 0.15) is 19.8 Å². The van der Waals surface area contributed by atoms with Gasteiger partial charge in [0.25, 0.3) is 11.6 Å². The van der Waals surface area contributed by atoms with Crippen LogP contribution in [0.3, 0.4) is 0 Å². The Kier molecular flexibility index (Phi) is 5.19. The van der Waals surface area contributed by atoms with E-state index in [1.807, 2.05) is 12.3 Å². The average Bonchev–Trinajstić information content (AvgIpc) is 2.39. The van der Waals surface area contributed by atoms with Gasteiger partial charge in [-0.25, -0.2) is 10.2 Å². The number of halogens is 1. The maximum atomic E-state index is 13.6. The fraction of sp³-hybridized carbons (Fsp3) is 0.364. The van der Waals surface area contributed by atoms with Gasteiger partial charge in [-0.2, -0.15) is 0 Å². The van der Waals surface area contributed by atoms with Gasteiger partial charge in [0.15, 0.2) is 17.7 Å². The summed E-state index contributed by atoms with van der Waals surface area (Å²) in [6, 6.07) is 2.94. The largest absolute Gasteiger partial charge is 0.477 e. The number of nitrogens with zero attached hydrogens (tertiary/aromatic N) is 1. The van der Waals surface area contributed by atoms with Crippen LogP contribution >= 0.6 is 0 Å².